The minimum atomic E-state index is -2.91. The van der Waals surface area contributed by atoms with E-state index in [0.717, 1.165) is 25.7 Å². The van der Waals surface area contributed by atoms with E-state index in [1.54, 1.807) is 18.2 Å². The largest absolute Gasteiger partial charge is 0.434 e. The third-order valence-electron chi connectivity index (χ3n) is 4.21. The van der Waals surface area contributed by atoms with Crippen molar-refractivity contribution in [3.8, 4) is 5.75 Å². The van der Waals surface area contributed by atoms with Gasteiger partial charge in [0.1, 0.15) is 5.75 Å². The van der Waals surface area contributed by atoms with Crippen LogP contribution in [-0.4, -0.2) is 24.5 Å². The van der Waals surface area contributed by atoms with Crippen molar-refractivity contribution in [2.45, 2.75) is 44.4 Å². The summed E-state index contributed by atoms with van der Waals surface area (Å²) >= 11 is 0. The predicted molar refractivity (Wildman–Crippen MR) is 70.1 cm³/mol. The maximum Gasteiger partial charge on any atom is 0.387 e. The number of fused-ring (bicyclic) bond motifs is 2. The number of halogens is 2. The number of ether oxygens (including phenoxy) is 1. The second-order valence-electron chi connectivity index (χ2n) is 5.55. The first kappa shape index (κ1) is 13.5. The number of benzene rings is 1. The number of nitrogens with one attached hydrogen (secondary N) is 1. The number of rotatable bonds is 4. The van der Waals surface area contributed by atoms with Crippen molar-refractivity contribution in [2.75, 3.05) is 0 Å². The zero-order valence-electron chi connectivity index (χ0n) is 11.0. The van der Waals surface area contributed by atoms with Crippen molar-refractivity contribution in [1.29, 1.82) is 0 Å². The van der Waals surface area contributed by atoms with E-state index in [2.05, 4.69) is 10.1 Å². The molecule has 2 atom stereocenters. The van der Waals surface area contributed by atoms with Crippen molar-refractivity contribution >= 4 is 5.78 Å². The van der Waals surface area contributed by atoms with E-state index in [9.17, 15) is 13.6 Å². The number of carbonyl (C=O) groups is 1. The molecule has 20 heavy (non-hydrogen) atoms. The Balaban J connectivity index is 1.80. The summed E-state index contributed by atoms with van der Waals surface area (Å²) in [5.74, 6) is -0.172. The number of ketones is 1. The average Bonchev–Trinajstić information content (AvgIpc) is 2.76. The van der Waals surface area contributed by atoms with Crippen molar-refractivity contribution < 1.29 is 18.3 Å². The molecule has 2 bridgehead atoms. The van der Waals surface area contributed by atoms with Gasteiger partial charge in [0.05, 0.1) is 5.56 Å². The van der Waals surface area contributed by atoms with Crippen LogP contribution >= 0.6 is 0 Å². The van der Waals surface area contributed by atoms with Crippen LogP contribution in [0, 0.1) is 5.92 Å². The molecule has 3 rings (SSSR count). The van der Waals surface area contributed by atoms with Gasteiger partial charge in [0.2, 0.25) is 0 Å². The van der Waals surface area contributed by atoms with Crippen LogP contribution in [0.3, 0.4) is 0 Å². The Bertz CT molecular complexity index is 494. The first-order valence-electron chi connectivity index (χ1n) is 6.97. The Morgan fingerprint density at radius 2 is 1.85 bits per heavy atom. The van der Waals surface area contributed by atoms with Gasteiger partial charge in [-0.15, -0.1) is 0 Å². The SMILES string of the molecule is O=C(c1ccccc1OC(F)F)C1CC2CCC(C1)N2. The summed E-state index contributed by atoms with van der Waals surface area (Å²) in [5.41, 5.74) is 0.277. The average molecular weight is 281 g/mol. The van der Waals surface area contributed by atoms with Crippen molar-refractivity contribution in [2.24, 2.45) is 5.92 Å². The maximum atomic E-state index is 12.6. The molecule has 108 valence electrons. The summed E-state index contributed by atoms with van der Waals surface area (Å²) in [4.78, 5) is 12.6. The third-order valence-corrected chi connectivity index (χ3v) is 4.21. The van der Waals surface area contributed by atoms with Crippen molar-refractivity contribution in [1.82, 2.24) is 5.32 Å². The summed E-state index contributed by atoms with van der Waals surface area (Å²) in [6, 6.07) is 7.07. The summed E-state index contributed by atoms with van der Waals surface area (Å²) in [5, 5.41) is 3.47. The van der Waals surface area contributed by atoms with E-state index in [1.807, 2.05) is 0 Å². The second kappa shape index (κ2) is 5.48. The Morgan fingerprint density at radius 3 is 2.50 bits per heavy atom. The van der Waals surface area contributed by atoms with E-state index in [4.69, 9.17) is 0 Å². The van der Waals surface area contributed by atoms with Gasteiger partial charge in [-0.05, 0) is 37.8 Å². The minimum absolute atomic E-state index is 0.0154. The highest BCUT2D eigenvalue weighted by molar-refractivity contribution is 6.00. The number of para-hydroxylation sites is 1. The molecule has 2 saturated heterocycles. The van der Waals surface area contributed by atoms with Crippen LogP contribution in [-0.2, 0) is 0 Å². The fourth-order valence-corrected chi connectivity index (χ4v) is 3.36. The van der Waals surface area contributed by atoms with Gasteiger partial charge >= 0.3 is 6.61 Å². The monoisotopic (exact) mass is 281 g/mol. The lowest BCUT2D eigenvalue weighted by Gasteiger charge is -2.28. The zero-order chi connectivity index (χ0) is 14.1. The lowest BCUT2D eigenvalue weighted by molar-refractivity contribution is -0.0502. The molecule has 2 aliphatic rings. The van der Waals surface area contributed by atoms with Crippen LogP contribution < -0.4 is 10.1 Å². The standard InChI is InChI=1S/C15H17F2NO2/c16-15(17)20-13-4-2-1-3-12(13)14(19)9-7-10-5-6-11(8-9)18-10/h1-4,9-11,15,18H,5-8H2. The highest BCUT2D eigenvalue weighted by Gasteiger charge is 2.37. The van der Waals surface area contributed by atoms with Gasteiger partial charge in [0, 0.05) is 18.0 Å². The quantitative estimate of drug-likeness (QED) is 0.862. The van der Waals surface area contributed by atoms with Gasteiger partial charge in [-0.3, -0.25) is 4.79 Å². The second-order valence-corrected chi connectivity index (χ2v) is 5.55. The summed E-state index contributed by atoms with van der Waals surface area (Å²) < 4.78 is 29.3. The molecule has 2 unspecified atom stereocenters. The maximum absolute atomic E-state index is 12.6. The zero-order valence-corrected chi connectivity index (χ0v) is 11.0. The molecule has 0 spiro atoms. The van der Waals surface area contributed by atoms with Gasteiger partial charge in [-0.1, -0.05) is 12.1 Å². The van der Waals surface area contributed by atoms with Gasteiger partial charge in [0.25, 0.3) is 0 Å². The van der Waals surface area contributed by atoms with Gasteiger partial charge in [-0.2, -0.15) is 8.78 Å². The molecule has 0 aromatic heterocycles. The van der Waals surface area contributed by atoms with E-state index < -0.39 is 6.61 Å². The molecule has 2 heterocycles. The number of Topliss-reactive ketones (excluding diaryl/α,β-unsaturated/α-hetero) is 1. The predicted octanol–water partition coefficient (Wildman–Crippen LogP) is 3.00. The summed E-state index contributed by atoms with van der Waals surface area (Å²) in [6.07, 6.45) is 3.78. The number of piperidine rings is 1. The first-order chi connectivity index (χ1) is 9.63. The molecule has 2 aliphatic heterocycles. The molecule has 0 saturated carbocycles. The molecule has 1 aromatic carbocycles. The molecule has 0 aliphatic carbocycles. The lowest BCUT2D eigenvalue weighted by atomic mass is 9.85. The van der Waals surface area contributed by atoms with Gasteiger partial charge in [-0.25, -0.2) is 0 Å². The fourth-order valence-electron chi connectivity index (χ4n) is 3.36. The van der Waals surface area contributed by atoms with Crippen LogP contribution in [0.1, 0.15) is 36.0 Å². The van der Waals surface area contributed by atoms with Crippen LogP contribution in [0.5, 0.6) is 5.75 Å². The molecule has 2 fully saturated rings. The van der Waals surface area contributed by atoms with Crippen LogP contribution in [0.2, 0.25) is 0 Å². The molecule has 1 aromatic rings. The Hall–Kier alpha value is -1.49. The van der Waals surface area contributed by atoms with E-state index in [-0.39, 0.29) is 23.0 Å². The minimum Gasteiger partial charge on any atom is -0.434 e. The molecule has 5 heteroatoms. The molecular formula is C15H17F2NO2. The molecule has 3 nitrogen and oxygen atoms in total. The number of hydrogen-bond donors (Lipinski definition) is 1. The Morgan fingerprint density at radius 1 is 1.20 bits per heavy atom. The lowest BCUT2D eigenvalue weighted by Crippen LogP contribution is -2.40. The van der Waals surface area contributed by atoms with Crippen LogP contribution in [0.4, 0.5) is 8.78 Å². The number of carbonyl (C=O) groups excluding carboxylic acids is 1. The third kappa shape index (κ3) is 2.68. The topological polar surface area (TPSA) is 38.3 Å². The number of alkyl halides is 2. The highest BCUT2D eigenvalue weighted by Crippen LogP contribution is 2.34. The molecule has 0 amide bonds. The van der Waals surface area contributed by atoms with Gasteiger partial charge < -0.3 is 10.1 Å². The normalized spacial score (nSPS) is 28.6. The Kier molecular flexibility index (Phi) is 3.70. The van der Waals surface area contributed by atoms with Gasteiger partial charge in [0.15, 0.2) is 5.78 Å². The van der Waals surface area contributed by atoms with E-state index in [0.29, 0.717) is 12.1 Å². The molecular weight excluding hydrogens is 264 g/mol. The fraction of sp³-hybridized carbons (Fsp3) is 0.533. The first-order valence-corrected chi connectivity index (χ1v) is 6.97. The van der Waals surface area contributed by atoms with Crippen molar-refractivity contribution in [3.05, 3.63) is 29.8 Å². The van der Waals surface area contributed by atoms with Crippen LogP contribution in [0.25, 0.3) is 0 Å². The summed E-state index contributed by atoms with van der Waals surface area (Å²) in [6.45, 7) is -2.91. The van der Waals surface area contributed by atoms with E-state index in [1.165, 1.54) is 6.07 Å². The molecule has 0 radical (unpaired) electrons. The summed E-state index contributed by atoms with van der Waals surface area (Å²) in [7, 11) is 0. The highest BCUT2D eigenvalue weighted by atomic mass is 19.3. The van der Waals surface area contributed by atoms with Crippen molar-refractivity contribution in [3.63, 3.8) is 0 Å². The smallest absolute Gasteiger partial charge is 0.387 e. The van der Waals surface area contributed by atoms with Crippen LogP contribution in [0.15, 0.2) is 24.3 Å². The number of hydrogen-bond acceptors (Lipinski definition) is 3. The van der Waals surface area contributed by atoms with E-state index >= 15 is 0 Å². The Labute approximate surface area is 116 Å². The molecule has 1 N–H and O–H groups in total.